The molecule has 0 aliphatic carbocycles. The first-order valence-electron chi connectivity index (χ1n) is 13.8. The Morgan fingerprint density at radius 3 is 0.950 bits per heavy atom. The number of aromatic nitrogens is 3. The molecule has 0 bridgehead atoms. The molecule has 3 aromatic heterocycles. The Morgan fingerprint density at radius 1 is 0.300 bits per heavy atom. The Balaban J connectivity index is 1.43. The van der Waals surface area contributed by atoms with Gasteiger partial charge in [0.25, 0.3) is 0 Å². The van der Waals surface area contributed by atoms with Crippen molar-refractivity contribution >= 4 is 65.4 Å². The van der Waals surface area contributed by atoms with Crippen molar-refractivity contribution < 1.29 is 0 Å². The summed E-state index contributed by atoms with van der Waals surface area (Å²) < 4.78 is 0. The van der Waals surface area contributed by atoms with E-state index in [0.717, 1.165) is 16.6 Å². The second-order valence-corrected chi connectivity index (χ2v) is 10.8. The maximum Gasteiger partial charge on any atom is 0.0507 e. The normalized spacial score (nSPS) is 12.2. The second kappa shape index (κ2) is 8.11. The summed E-state index contributed by atoms with van der Waals surface area (Å²) in [6, 6.07) is 46.1. The fraction of sp³-hybridized carbons (Fsp3) is 0.0270. The van der Waals surface area contributed by atoms with Crippen LogP contribution in [-0.4, -0.2) is 15.0 Å². The van der Waals surface area contributed by atoms with Crippen molar-refractivity contribution in [3.63, 3.8) is 0 Å². The van der Waals surface area contributed by atoms with E-state index in [1.807, 2.05) is 0 Å². The van der Waals surface area contributed by atoms with E-state index in [0.29, 0.717) is 0 Å². The van der Waals surface area contributed by atoms with E-state index < -0.39 is 0 Å². The number of fused-ring (bicyclic) bond motifs is 9. The summed E-state index contributed by atoms with van der Waals surface area (Å²) >= 11 is 0. The van der Waals surface area contributed by atoms with Gasteiger partial charge in [0.05, 0.1) is 16.6 Å². The van der Waals surface area contributed by atoms with Gasteiger partial charge in [0, 0.05) is 54.8 Å². The molecule has 0 saturated carbocycles. The van der Waals surface area contributed by atoms with Crippen molar-refractivity contribution in [1.29, 1.82) is 0 Å². The number of hydrogen-bond donors (Lipinski definition) is 3. The van der Waals surface area contributed by atoms with E-state index in [-0.39, 0.29) is 5.92 Å². The summed E-state index contributed by atoms with van der Waals surface area (Å²) in [5, 5.41) is 7.53. The van der Waals surface area contributed by atoms with Crippen LogP contribution in [-0.2, 0) is 0 Å². The Bertz CT molecular complexity index is 2130. The summed E-state index contributed by atoms with van der Waals surface area (Å²) in [6.07, 6.45) is 0. The third kappa shape index (κ3) is 2.95. The minimum Gasteiger partial charge on any atom is -0.354 e. The molecule has 3 heteroatoms. The maximum atomic E-state index is 3.80. The molecule has 9 aromatic rings. The molecular weight excluding hydrogens is 486 g/mol. The summed E-state index contributed by atoms with van der Waals surface area (Å²) in [7, 11) is 0. The van der Waals surface area contributed by atoms with Crippen molar-refractivity contribution in [3.05, 3.63) is 144 Å². The third-order valence-corrected chi connectivity index (χ3v) is 8.65. The molecule has 0 aliphatic rings. The number of nitrogens with one attached hydrogen (secondary N) is 3. The quantitative estimate of drug-likeness (QED) is 0.198. The Labute approximate surface area is 230 Å². The van der Waals surface area contributed by atoms with Crippen LogP contribution in [0.25, 0.3) is 65.4 Å². The van der Waals surface area contributed by atoms with Gasteiger partial charge in [-0.1, -0.05) is 109 Å². The highest BCUT2D eigenvalue weighted by Gasteiger charge is 2.26. The second-order valence-electron chi connectivity index (χ2n) is 10.8. The zero-order valence-corrected chi connectivity index (χ0v) is 21.7. The summed E-state index contributed by atoms with van der Waals surface area (Å²) in [4.78, 5) is 11.4. The predicted molar refractivity (Wildman–Crippen MR) is 168 cm³/mol. The molecule has 0 amide bonds. The molecule has 188 valence electrons. The van der Waals surface area contributed by atoms with Gasteiger partial charge in [-0.15, -0.1) is 0 Å². The highest BCUT2D eigenvalue weighted by atomic mass is 14.7. The molecule has 0 fully saturated rings. The number of para-hydroxylation sites is 6. The molecule has 0 spiro atoms. The number of H-pyrrole nitrogens is 3. The molecule has 6 aromatic carbocycles. The lowest BCUT2D eigenvalue weighted by molar-refractivity contribution is 1.00. The zero-order chi connectivity index (χ0) is 26.2. The maximum absolute atomic E-state index is 3.80. The smallest absolute Gasteiger partial charge is 0.0507 e. The van der Waals surface area contributed by atoms with Gasteiger partial charge in [-0.25, -0.2) is 0 Å². The van der Waals surface area contributed by atoms with Gasteiger partial charge in [-0.3, -0.25) is 0 Å². The number of aromatic amines is 3. The highest BCUT2D eigenvalue weighted by molar-refractivity contribution is 6.12. The van der Waals surface area contributed by atoms with Crippen LogP contribution in [0.15, 0.2) is 127 Å². The van der Waals surface area contributed by atoms with Gasteiger partial charge >= 0.3 is 0 Å². The Morgan fingerprint density at radius 2 is 0.600 bits per heavy atom. The largest absolute Gasteiger partial charge is 0.354 e. The zero-order valence-electron chi connectivity index (χ0n) is 21.7. The first-order valence-corrected chi connectivity index (χ1v) is 13.8. The van der Waals surface area contributed by atoms with Crippen LogP contribution in [0.1, 0.15) is 22.6 Å². The molecule has 40 heavy (non-hydrogen) atoms. The number of hydrogen-bond acceptors (Lipinski definition) is 0. The van der Waals surface area contributed by atoms with Crippen LogP contribution >= 0.6 is 0 Å². The van der Waals surface area contributed by atoms with Crippen molar-refractivity contribution in [2.45, 2.75) is 5.92 Å². The summed E-state index contributed by atoms with van der Waals surface area (Å²) in [5.74, 6) is -0.00899. The topological polar surface area (TPSA) is 47.4 Å². The Hall–Kier alpha value is -5.28. The van der Waals surface area contributed by atoms with Crippen LogP contribution < -0.4 is 0 Å². The lowest BCUT2D eigenvalue weighted by Crippen LogP contribution is -2.06. The predicted octanol–water partition coefficient (Wildman–Crippen LogP) is 9.77. The van der Waals surface area contributed by atoms with E-state index in [1.165, 1.54) is 65.6 Å². The van der Waals surface area contributed by atoms with Gasteiger partial charge in [0.2, 0.25) is 0 Å². The van der Waals surface area contributed by atoms with Gasteiger partial charge in [0.15, 0.2) is 0 Å². The lowest BCUT2D eigenvalue weighted by Gasteiger charge is -2.21. The van der Waals surface area contributed by atoms with Crippen LogP contribution in [0.4, 0.5) is 0 Å². The first-order chi connectivity index (χ1) is 19.8. The van der Waals surface area contributed by atoms with Crippen molar-refractivity contribution in [2.24, 2.45) is 0 Å². The minimum absolute atomic E-state index is 0.00899. The first kappa shape index (κ1) is 21.6. The Kier molecular flexibility index (Phi) is 4.39. The van der Waals surface area contributed by atoms with Crippen molar-refractivity contribution in [3.8, 4) is 0 Å². The van der Waals surface area contributed by atoms with E-state index in [2.05, 4.69) is 142 Å². The SMILES string of the molecule is c1ccc2c(c1)[nH]c1c(C(c3cccc4c3[nH]c3ccccc34)c3cccc4c3[nH]c3ccccc34)cccc12. The van der Waals surface area contributed by atoms with Gasteiger partial charge in [-0.2, -0.15) is 0 Å². The molecule has 3 N–H and O–H groups in total. The van der Waals surface area contributed by atoms with Crippen LogP contribution in [0, 0.1) is 0 Å². The number of benzene rings is 6. The molecule has 3 heterocycles. The van der Waals surface area contributed by atoms with Crippen molar-refractivity contribution in [1.82, 2.24) is 15.0 Å². The fourth-order valence-corrected chi connectivity index (χ4v) is 6.91. The average molecular weight is 512 g/mol. The number of rotatable bonds is 3. The van der Waals surface area contributed by atoms with E-state index in [9.17, 15) is 0 Å². The molecule has 0 saturated heterocycles. The van der Waals surface area contributed by atoms with Crippen LogP contribution in [0.5, 0.6) is 0 Å². The van der Waals surface area contributed by atoms with Crippen LogP contribution in [0.3, 0.4) is 0 Å². The third-order valence-electron chi connectivity index (χ3n) is 8.65. The fourth-order valence-electron chi connectivity index (χ4n) is 6.91. The van der Waals surface area contributed by atoms with Crippen molar-refractivity contribution in [2.75, 3.05) is 0 Å². The van der Waals surface area contributed by atoms with Gasteiger partial charge < -0.3 is 15.0 Å². The monoisotopic (exact) mass is 511 g/mol. The summed E-state index contributed by atoms with van der Waals surface area (Å²) in [6.45, 7) is 0. The molecule has 9 rings (SSSR count). The van der Waals surface area contributed by atoms with E-state index in [4.69, 9.17) is 0 Å². The molecular formula is C37H25N3. The molecule has 0 unspecified atom stereocenters. The minimum atomic E-state index is -0.00899. The molecule has 0 aliphatic heterocycles. The standard InChI is InChI=1S/C37H25N3/c1-4-19-31-22(10-1)25-13-7-16-28(35(25)38-31)34(29-17-8-14-26-23-11-2-5-20-32(23)39-36(26)29)30-18-9-15-27-24-12-3-6-21-33(24)40-37(27)30/h1-21,34,38-40H. The van der Waals surface area contributed by atoms with E-state index in [1.54, 1.807) is 0 Å². The van der Waals surface area contributed by atoms with E-state index >= 15 is 0 Å². The molecule has 0 radical (unpaired) electrons. The summed E-state index contributed by atoms with van der Waals surface area (Å²) in [5.41, 5.74) is 10.9. The van der Waals surface area contributed by atoms with Crippen LogP contribution in [0.2, 0.25) is 0 Å². The molecule has 0 atom stereocenters. The lowest BCUT2D eigenvalue weighted by atomic mass is 9.82. The highest BCUT2D eigenvalue weighted by Crippen LogP contribution is 2.44. The molecule has 3 nitrogen and oxygen atoms in total. The average Bonchev–Trinajstić information content (AvgIpc) is 3.70. The van der Waals surface area contributed by atoms with Gasteiger partial charge in [0.1, 0.15) is 0 Å². The van der Waals surface area contributed by atoms with Gasteiger partial charge in [-0.05, 0) is 34.9 Å².